The highest BCUT2D eigenvalue weighted by atomic mass is 35.5. The molecule has 2 heterocycles. The van der Waals surface area contributed by atoms with E-state index >= 15 is 0 Å². The van der Waals surface area contributed by atoms with Crippen LogP contribution in [0.15, 0.2) is 30.6 Å². The van der Waals surface area contributed by atoms with E-state index in [2.05, 4.69) is 41.2 Å². The van der Waals surface area contributed by atoms with E-state index in [1.807, 2.05) is 6.20 Å². The SMILES string of the molecule is CC(C)(C)CN1CCC(Oc2ccc(C(=O)NCCc3cn[nH]c3)cc2Cl)CC1. The van der Waals surface area contributed by atoms with E-state index < -0.39 is 0 Å². The number of amides is 1. The summed E-state index contributed by atoms with van der Waals surface area (Å²) in [6.07, 6.45) is 6.44. The highest BCUT2D eigenvalue weighted by Gasteiger charge is 2.24. The largest absolute Gasteiger partial charge is 0.489 e. The second kappa shape index (κ2) is 9.63. The fourth-order valence-electron chi connectivity index (χ4n) is 3.61. The van der Waals surface area contributed by atoms with Gasteiger partial charge < -0.3 is 15.0 Å². The average Bonchev–Trinajstić information content (AvgIpc) is 3.17. The predicted octanol–water partition coefficient (Wildman–Crippen LogP) is 3.92. The van der Waals surface area contributed by atoms with Gasteiger partial charge in [0.2, 0.25) is 0 Å². The molecule has 1 aliphatic rings. The number of aromatic nitrogens is 2. The van der Waals surface area contributed by atoms with Crippen LogP contribution in [-0.4, -0.2) is 53.3 Å². The number of carbonyl (C=O) groups is 1. The van der Waals surface area contributed by atoms with Crippen LogP contribution in [0.5, 0.6) is 5.75 Å². The van der Waals surface area contributed by atoms with Gasteiger partial charge in [0.05, 0.1) is 11.2 Å². The van der Waals surface area contributed by atoms with Gasteiger partial charge in [-0.25, -0.2) is 0 Å². The van der Waals surface area contributed by atoms with E-state index in [4.69, 9.17) is 16.3 Å². The summed E-state index contributed by atoms with van der Waals surface area (Å²) in [7, 11) is 0. The van der Waals surface area contributed by atoms with Gasteiger partial charge in [-0.3, -0.25) is 9.89 Å². The first kappa shape index (κ1) is 21.7. The number of ether oxygens (including phenoxy) is 1. The third kappa shape index (κ3) is 6.75. The first-order valence-electron chi connectivity index (χ1n) is 10.2. The van der Waals surface area contributed by atoms with Crippen LogP contribution in [0.25, 0.3) is 0 Å². The fourth-order valence-corrected chi connectivity index (χ4v) is 3.84. The Balaban J connectivity index is 1.47. The summed E-state index contributed by atoms with van der Waals surface area (Å²) in [4.78, 5) is 14.8. The molecule has 0 bridgehead atoms. The molecule has 2 aromatic rings. The summed E-state index contributed by atoms with van der Waals surface area (Å²) >= 11 is 6.40. The average molecular weight is 419 g/mol. The van der Waals surface area contributed by atoms with Crippen LogP contribution in [0.3, 0.4) is 0 Å². The minimum Gasteiger partial charge on any atom is -0.489 e. The lowest BCUT2D eigenvalue weighted by molar-refractivity contribution is 0.0811. The zero-order valence-corrected chi connectivity index (χ0v) is 18.3. The van der Waals surface area contributed by atoms with Crippen LogP contribution in [0.4, 0.5) is 0 Å². The predicted molar refractivity (Wildman–Crippen MR) is 116 cm³/mol. The first-order valence-corrected chi connectivity index (χ1v) is 10.6. The Morgan fingerprint density at radius 2 is 2.10 bits per heavy atom. The Hall–Kier alpha value is -2.05. The Kier molecular flexibility index (Phi) is 7.19. The normalized spacial score (nSPS) is 16.0. The number of hydrogen-bond acceptors (Lipinski definition) is 4. The maximum atomic E-state index is 12.3. The van der Waals surface area contributed by atoms with Crippen molar-refractivity contribution in [3.8, 4) is 5.75 Å². The van der Waals surface area contributed by atoms with Crippen LogP contribution in [0.2, 0.25) is 5.02 Å². The number of halogens is 1. The minimum absolute atomic E-state index is 0.141. The Bertz CT molecular complexity index is 794. The van der Waals surface area contributed by atoms with Crippen LogP contribution >= 0.6 is 11.6 Å². The van der Waals surface area contributed by atoms with Crippen molar-refractivity contribution in [1.82, 2.24) is 20.4 Å². The number of nitrogens with zero attached hydrogens (tertiary/aromatic N) is 2. The molecule has 1 fully saturated rings. The fraction of sp³-hybridized carbons (Fsp3) is 0.545. The lowest BCUT2D eigenvalue weighted by Gasteiger charge is -2.36. The quantitative estimate of drug-likeness (QED) is 0.714. The van der Waals surface area contributed by atoms with Crippen molar-refractivity contribution < 1.29 is 9.53 Å². The molecular weight excluding hydrogens is 388 g/mol. The van der Waals surface area contributed by atoms with Gasteiger partial charge in [0, 0.05) is 37.9 Å². The lowest BCUT2D eigenvalue weighted by Crippen LogP contribution is -2.42. The van der Waals surface area contributed by atoms with E-state index in [9.17, 15) is 4.79 Å². The number of benzene rings is 1. The number of carbonyl (C=O) groups excluding carboxylic acids is 1. The zero-order valence-electron chi connectivity index (χ0n) is 17.5. The molecule has 2 N–H and O–H groups in total. The molecule has 3 rings (SSSR count). The van der Waals surface area contributed by atoms with Gasteiger partial charge in [-0.15, -0.1) is 0 Å². The van der Waals surface area contributed by atoms with Gasteiger partial charge >= 0.3 is 0 Å². The van der Waals surface area contributed by atoms with E-state index in [0.29, 0.717) is 28.3 Å². The summed E-state index contributed by atoms with van der Waals surface area (Å²) in [5.74, 6) is 0.508. The van der Waals surface area contributed by atoms with Crippen LogP contribution in [0, 0.1) is 5.41 Å². The summed E-state index contributed by atoms with van der Waals surface area (Å²) in [5.41, 5.74) is 1.90. The number of hydrogen-bond donors (Lipinski definition) is 2. The molecule has 0 atom stereocenters. The van der Waals surface area contributed by atoms with Crippen molar-refractivity contribution in [3.63, 3.8) is 0 Å². The number of likely N-dealkylation sites (tertiary alicyclic amines) is 1. The van der Waals surface area contributed by atoms with Crippen molar-refractivity contribution in [2.24, 2.45) is 5.41 Å². The van der Waals surface area contributed by atoms with Gasteiger partial charge in [0.1, 0.15) is 11.9 Å². The van der Waals surface area contributed by atoms with Gasteiger partial charge in [0.25, 0.3) is 5.91 Å². The topological polar surface area (TPSA) is 70.2 Å². The molecule has 0 spiro atoms. The molecule has 1 aliphatic heterocycles. The van der Waals surface area contributed by atoms with Crippen molar-refractivity contribution >= 4 is 17.5 Å². The zero-order chi connectivity index (χ0) is 20.9. The summed E-state index contributed by atoms with van der Waals surface area (Å²) < 4.78 is 6.13. The van der Waals surface area contributed by atoms with Crippen molar-refractivity contribution in [2.75, 3.05) is 26.2 Å². The molecule has 1 aromatic heterocycles. The third-order valence-electron chi connectivity index (χ3n) is 4.97. The molecule has 0 radical (unpaired) electrons. The van der Waals surface area contributed by atoms with E-state index in [1.165, 1.54) is 0 Å². The second-order valence-electron chi connectivity index (χ2n) is 8.91. The Labute approximate surface area is 178 Å². The molecule has 1 aromatic carbocycles. The van der Waals surface area contributed by atoms with Gasteiger partial charge in [-0.2, -0.15) is 5.10 Å². The Morgan fingerprint density at radius 3 is 2.72 bits per heavy atom. The third-order valence-corrected chi connectivity index (χ3v) is 5.27. The van der Waals surface area contributed by atoms with Crippen LogP contribution < -0.4 is 10.1 Å². The second-order valence-corrected chi connectivity index (χ2v) is 9.32. The maximum Gasteiger partial charge on any atom is 0.251 e. The van der Waals surface area contributed by atoms with Crippen LogP contribution in [0.1, 0.15) is 49.5 Å². The number of rotatable bonds is 7. The van der Waals surface area contributed by atoms with E-state index in [1.54, 1.807) is 24.4 Å². The highest BCUT2D eigenvalue weighted by Crippen LogP contribution is 2.29. The molecule has 7 heteroatoms. The summed E-state index contributed by atoms with van der Waals surface area (Å²) in [5, 5.41) is 10.0. The summed E-state index contributed by atoms with van der Waals surface area (Å²) in [6, 6.07) is 5.25. The molecule has 0 aliphatic carbocycles. The molecule has 158 valence electrons. The molecule has 1 saturated heterocycles. The molecule has 1 amide bonds. The van der Waals surface area contributed by atoms with E-state index in [-0.39, 0.29) is 12.0 Å². The molecule has 0 unspecified atom stereocenters. The molecule has 6 nitrogen and oxygen atoms in total. The maximum absolute atomic E-state index is 12.3. The summed E-state index contributed by atoms with van der Waals surface area (Å²) in [6.45, 7) is 10.5. The minimum atomic E-state index is -0.141. The monoisotopic (exact) mass is 418 g/mol. The first-order chi connectivity index (χ1) is 13.8. The Morgan fingerprint density at radius 1 is 1.34 bits per heavy atom. The van der Waals surface area contributed by atoms with Gasteiger partial charge in [-0.1, -0.05) is 32.4 Å². The van der Waals surface area contributed by atoms with Crippen LogP contribution in [-0.2, 0) is 6.42 Å². The van der Waals surface area contributed by atoms with Crippen molar-refractivity contribution in [3.05, 3.63) is 46.7 Å². The standard InChI is InChI=1S/C22H31ClN4O2/c1-22(2,3)15-27-10-7-18(8-11-27)29-20-5-4-17(12-19(20)23)21(28)24-9-6-16-13-25-26-14-16/h4-5,12-14,18H,6-11,15H2,1-3H3,(H,24,28)(H,25,26). The van der Waals surface area contributed by atoms with Crippen molar-refractivity contribution in [2.45, 2.75) is 46.1 Å². The van der Waals surface area contributed by atoms with Crippen molar-refractivity contribution in [1.29, 1.82) is 0 Å². The highest BCUT2D eigenvalue weighted by molar-refractivity contribution is 6.32. The smallest absolute Gasteiger partial charge is 0.251 e. The lowest BCUT2D eigenvalue weighted by atomic mass is 9.94. The molecule has 29 heavy (non-hydrogen) atoms. The van der Waals surface area contributed by atoms with E-state index in [0.717, 1.165) is 44.5 Å². The molecule has 0 saturated carbocycles. The number of nitrogens with one attached hydrogen (secondary N) is 2. The molecular formula is C22H31ClN4O2. The number of piperidine rings is 1. The number of H-pyrrole nitrogens is 1. The van der Waals surface area contributed by atoms with Gasteiger partial charge in [0.15, 0.2) is 0 Å². The van der Waals surface area contributed by atoms with Gasteiger partial charge in [-0.05, 0) is 48.4 Å². The number of aromatic amines is 1.